The van der Waals surface area contributed by atoms with E-state index >= 15 is 0 Å². The van der Waals surface area contributed by atoms with Gasteiger partial charge in [0, 0.05) is 24.5 Å². The van der Waals surface area contributed by atoms with Crippen molar-refractivity contribution in [3.63, 3.8) is 0 Å². The quantitative estimate of drug-likeness (QED) is 0.902. The molecule has 4 heteroatoms. The van der Waals surface area contributed by atoms with Crippen LogP contribution in [0.5, 0.6) is 0 Å². The van der Waals surface area contributed by atoms with E-state index in [9.17, 15) is 4.79 Å². The third kappa shape index (κ3) is 3.98. The minimum absolute atomic E-state index is 0.0787. The molecule has 4 nitrogen and oxygen atoms in total. The highest BCUT2D eigenvalue weighted by molar-refractivity contribution is 5.82. The summed E-state index contributed by atoms with van der Waals surface area (Å²) in [5.74, 6) is 0.116. The predicted octanol–water partition coefficient (Wildman–Crippen LogP) is 2.72. The van der Waals surface area contributed by atoms with Crippen LogP contribution in [0.1, 0.15) is 45.1 Å². The lowest BCUT2D eigenvalue weighted by molar-refractivity contribution is -0.134. The topological polar surface area (TPSA) is 41.6 Å². The number of nitrogens with zero attached hydrogens (tertiary/aromatic N) is 1. The summed E-state index contributed by atoms with van der Waals surface area (Å²) in [6, 6.07) is 10.8. The molecule has 2 fully saturated rings. The molecule has 0 radical (unpaired) electrons. The third-order valence-corrected chi connectivity index (χ3v) is 5.53. The summed E-state index contributed by atoms with van der Waals surface area (Å²) in [7, 11) is 0. The Morgan fingerprint density at radius 2 is 1.96 bits per heavy atom. The van der Waals surface area contributed by atoms with Gasteiger partial charge in [0.25, 0.3) is 0 Å². The molecule has 132 valence electrons. The Balaban J connectivity index is 1.60. The molecule has 3 rings (SSSR count). The summed E-state index contributed by atoms with van der Waals surface area (Å²) in [5.41, 5.74) is 1.17. The van der Waals surface area contributed by atoms with Crippen LogP contribution >= 0.6 is 0 Å². The van der Waals surface area contributed by atoms with Gasteiger partial charge in [0.1, 0.15) is 6.04 Å². The van der Waals surface area contributed by atoms with Crippen molar-refractivity contribution in [2.45, 2.75) is 57.0 Å². The molecule has 24 heavy (non-hydrogen) atoms. The van der Waals surface area contributed by atoms with Crippen molar-refractivity contribution < 1.29 is 9.53 Å². The van der Waals surface area contributed by atoms with Crippen LogP contribution in [0.2, 0.25) is 0 Å². The molecule has 1 saturated carbocycles. The molecule has 1 aromatic rings. The van der Waals surface area contributed by atoms with E-state index in [1.807, 2.05) is 6.07 Å². The van der Waals surface area contributed by atoms with Crippen molar-refractivity contribution in [1.29, 1.82) is 0 Å². The van der Waals surface area contributed by atoms with Gasteiger partial charge in [-0.2, -0.15) is 0 Å². The first kappa shape index (κ1) is 17.4. The van der Waals surface area contributed by atoms with Crippen molar-refractivity contribution in [1.82, 2.24) is 10.2 Å². The van der Waals surface area contributed by atoms with E-state index in [0.29, 0.717) is 19.2 Å². The molecule has 1 saturated heterocycles. The molecule has 1 amide bonds. The lowest BCUT2D eigenvalue weighted by atomic mass is 9.84. The number of hydrogen-bond acceptors (Lipinski definition) is 3. The van der Waals surface area contributed by atoms with Crippen molar-refractivity contribution >= 4 is 5.91 Å². The maximum atomic E-state index is 12.8. The summed E-state index contributed by atoms with van der Waals surface area (Å²) >= 11 is 0. The predicted molar refractivity (Wildman–Crippen MR) is 96.0 cm³/mol. The fraction of sp³-hybridized carbons (Fsp3) is 0.650. The first-order valence-corrected chi connectivity index (χ1v) is 9.25. The molecule has 0 aromatic heterocycles. The summed E-state index contributed by atoms with van der Waals surface area (Å²) in [5, 5.41) is 3.18. The third-order valence-electron chi connectivity index (χ3n) is 5.53. The Bertz CT molecular complexity index is 538. The number of nitrogens with one attached hydrogen (secondary N) is 1. The second-order valence-electron chi connectivity index (χ2n) is 7.73. The minimum Gasteiger partial charge on any atom is -0.378 e. The molecule has 0 bridgehead atoms. The fourth-order valence-corrected chi connectivity index (χ4v) is 3.93. The number of rotatable bonds is 5. The zero-order chi connectivity index (χ0) is 17.0. The average molecular weight is 330 g/mol. The van der Waals surface area contributed by atoms with Crippen LogP contribution in [-0.4, -0.2) is 49.2 Å². The number of morpholine rings is 1. The van der Waals surface area contributed by atoms with Crippen LogP contribution in [0, 0.1) is 0 Å². The van der Waals surface area contributed by atoms with Gasteiger partial charge >= 0.3 is 0 Å². The van der Waals surface area contributed by atoms with Gasteiger partial charge in [-0.15, -0.1) is 0 Å². The Hall–Kier alpha value is -1.39. The van der Waals surface area contributed by atoms with Crippen LogP contribution in [0.15, 0.2) is 30.3 Å². The van der Waals surface area contributed by atoms with Gasteiger partial charge in [0.15, 0.2) is 0 Å². The molecule has 1 aromatic carbocycles. The van der Waals surface area contributed by atoms with E-state index in [0.717, 1.165) is 13.2 Å². The maximum Gasteiger partial charge on any atom is 0.239 e. The fourth-order valence-electron chi connectivity index (χ4n) is 3.93. The van der Waals surface area contributed by atoms with E-state index in [-0.39, 0.29) is 17.4 Å². The average Bonchev–Trinajstić information content (AvgIpc) is 3.15. The smallest absolute Gasteiger partial charge is 0.239 e. The number of hydrogen-bond donors (Lipinski definition) is 1. The molecule has 1 aliphatic carbocycles. The van der Waals surface area contributed by atoms with Crippen LogP contribution in [-0.2, 0) is 14.9 Å². The number of ether oxygens (including phenoxy) is 1. The zero-order valence-corrected chi connectivity index (χ0v) is 15.0. The van der Waals surface area contributed by atoms with Crippen LogP contribution in [0.3, 0.4) is 0 Å². The van der Waals surface area contributed by atoms with Gasteiger partial charge in [0.2, 0.25) is 5.91 Å². The maximum absolute atomic E-state index is 12.8. The van der Waals surface area contributed by atoms with E-state index < -0.39 is 0 Å². The second kappa shape index (κ2) is 7.66. The van der Waals surface area contributed by atoms with Gasteiger partial charge in [0.05, 0.1) is 13.2 Å². The van der Waals surface area contributed by atoms with Gasteiger partial charge in [-0.1, -0.05) is 57.0 Å². The SMILES string of the molecule is CC(C)(CNC(=O)C1COCCN1C1CCCC1)c1ccccc1. The summed E-state index contributed by atoms with van der Waals surface area (Å²) in [6.07, 6.45) is 5.02. The lowest BCUT2D eigenvalue weighted by Crippen LogP contribution is -2.57. The summed E-state index contributed by atoms with van der Waals surface area (Å²) in [4.78, 5) is 15.2. The van der Waals surface area contributed by atoms with Gasteiger partial charge in [-0.3, -0.25) is 9.69 Å². The van der Waals surface area contributed by atoms with E-state index in [4.69, 9.17) is 4.74 Å². The normalized spacial score (nSPS) is 23.3. The number of amides is 1. The minimum atomic E-state index is -0.131. The largest absolute Gasteiger partial charge is 0.378 e. The first-order valence-electron chi connectivity index (χ1n) is 9.25. The molecular formula is C20H30N2O2. The lowest BCUT2D eigenvalue weighted by Gasteiger charge is -2.39. The van der Waals surface area contributed by atoms with Gasteiger partial charge in [-0.05, 0) is 18.4 Å². The van der Waals surface area contributed by atoms with Gasteiger partial charge in [-0.25, -0.2) is 0 Å². The Morgan fingerprint density at radius 1 is 1.25 bits per heavy atom. The van der Waals surface area contributed by atoms with E-state index in [1.54, 1.807) is 0 Å². The monoisotopic (exact) mass is 330 g/mol. The first-order chi connectivity index (χ1) is 11.6. The van der Waals surface area contributed by atoms with E-state index in [1.165, 1.54) is 31.2 Å². The van der Waals surface area contributed by atoms with Crippen molar-refractivity contribution in [3.8, 4) is 0 Å². The molecule has 1 aliphatic heterocycles. The van der Waals surface area contributed by atoms with Crippen LogP contribution < -0.4 is 5.32 Å². The Labute approximate surface area is 145 Å². The highest BCUT2D eigenvalue weighted by Gasteiger charge is 2.35. The van der Waals surface area contributed by atoms with Crippen molar-refractivity contribution in [2.24, 2.45) is 0 Å². The number of carbonyl (C=O) groups is 1. The molecule has 1 heterocycles. The standard InChI is InChI=1S/C20H30N2O2/c1-20(2,16-8-4-3-5-9-16)15-21-19(23)18-14-24-13-12-22(18)17-10-6-7-11-17/h3-5,8-9,17-18H,6-7,10-15H2,1-2H3,(H,21,23). The summed E-state index contributed by atoms with van der Waals surface area (Å²) in [6.45, 7) is 7.14. The molecule has 1 N–H and O–H groups in total. The second-order valence-corrected chi connectivity index (χ2v) is 7.73. The van der Waals surface area contributed by atoms with Crippen LogP contribution in [0.25, 0.3) is 0 Å². The van der Waals surface area contributed by atoms with Crippen molar-refractivity contribution in [3.05, 3.63) is 35.9 Å². The Kier molecular flexibility index (Phi) is 5.57. The van der Waals surface area contributed by atoms with Crippen LogP contribution in [0.4, 0.5) is 0 Å². The van der Waals surface area contributed by atoms with Crippen molar-refractivity contribution in [2.75, 3.05) is 26.3 Å². The summed E-state index contributed by atoms with van der Waals surface area (Å²) < 4.78 is 5.61. The highest BCUT2D eigenvalue weighted by atomic mass is 16.5. The number of carbonyl (C=O) groups excluding carboxylic acids is 1. The van der Waals surface area contributed by atoms with Gasteiger partial charge < -0.3 is 10.1 Å². The Morgan fingerprint density at radius 3 is 2.67 bits per heavy atom. The molecule has 2 aliphatic rings. The molecule has 1 atom stereocenters. The highest BCUT2D eigenvalue weighted by Crippen LogP contribution is 2.27. The number of benzene rings is 1. The molecule has 1 unspecified atom stereocenters. The zero-order valence-electron chi connectivity index (χ0n) is 15.0. The molecular weight excluding hydrogens is 300 g/mol. The molecule has 0 spiro atoms. The van der Waals surface area contributed by atoms with E-state index in [2.05, 4.69) is 48.3 Å².